The van der Waals surface area contributed by atoms with Crippen molar-refractivity contribution in [2.24, 2.45) is 0 Å². The molecule has 6 nitrogen and oxygen atoms in total. The normalized spacial score (nSPS) is 18.6. The van der Waals surface area contributed by atoms with E-state index in [1.807, 2.05) is 12.1 Å². The molecule has 4 rings (SSSR count). The van der Waals surface area contributed by atoms with Crippen LogP contribution in [0.15, 0.2) is 30.0 Å². The molecule has 0 saturated heterocycles. The van der Waals surface area contributed by atoms with Crippen LogP contribution in [0, 0.1) is 0 Å². The van der Waals surface area contributed by atoms with Gasteiger partial charge in [-0.15, -0.1) is 0 Å². The van der Waals surface area contributed by atoms with Crippen molar-refractivity contribution in [3.8, 4) is 11.5 Å². The Morgan fingerprint density at radius 3 is 2.61 bits per heavy atom. The molecule has 6 heteroatoms. The van der Waals surface area contributed by atoms with E-state index in [9.17, 15) is 4.79 Å². The molecule has 2 aliphatic rings. The fourth-order valence-electron chi connectivity index (χ4n) is 3.01. The molecule has 2 aromatic carbocycles. The molecule has 1 atom stereocenters. The molecule has 0 bridgehead atoms. The highest BCUT2D eigenvalue weighted by Gasteiger charge is 2.38. The third kappa shape index (κ3) is 1.82. The number of methoxy groups -OCH3 is 3. The second kappa shape index (κ2) is 4.89. The Bertz CT molecular complexity index is 867. The van der Waals surface area contributed by atoms with Crippen molar-refractivity contribution in [3.63, 3.8) is 0 Å². The van der Waals surface area contributed by atoms with Crippen LogP contribution in [0.5, 0.6) is 11.5 Å². The van der Waals surface area contributed by atoms with E-state index in [4.69, 9.17) is 23.7 Å². The Morgan fingerprint density at radius 2 is 1.91 bits per heavy atom. The molecule has 0 fully saturated rings. The third-order valence-corrected chi connectivity index (χ3v) is 4.04. The molecule has 0 N–H and O–H groups in total. The fourth-order valence-corrected chi connectivity index (χ4v) is 3.01. The SMILES string of the molecule is COC1=C2OC(=O)c3ccc4cc(OC)cc(c4c32)O[C@H]1OC. The highest BCUT2D eigenvalue weighted by molar-refractivity contribution is 6.13. The van der Waals surface area contributed by atoms with Gasteiger partial charge < -0.3 is 23.7 Å². The molecular weight excluding hydrogens is 300 g/mol. The van der Waals surface area contributed by atoms with Crippen LogP contribution in [0.3, 0.4) is 0 Å². The zero-order valence-electron chi connectivity index (χ0n) is 12.8. The molecule has 0 spiro atoms. The average Bonchev–Trinajstić information content (AvgIpc) is 2.83. The maximum Gasteiger partial charge on any atom is 0.344 e. The summed E-state index contributed by atoms with van der Waals surface area (Å²) in [6.07, 6.45) is -0.823. The lowest BCUT2D eigenvalue weighted by Gasteiger charge is -2.19. The number of esters is 1. The zero-order valence-corrected chi connectivity index (χ0v) is 12.8. The second-order valence-corrected chi connectivity index (χ2v) is 5.18. The van der Waals surface area contributed by atoms with Gasteiger partial charge in [-0.25, -0.2) is 4.79 Å². The van der Waals surface area contributed by atoms with Gasteiger partial charge in [-0.05, 0) is 17.5 Å². The molecule has 0 amide bonds. The van der Waals surface area contributed by atoms with Crippen molar-refractivity contribution in [2.45, 2.75) is 6.29 Å². The van der Waals surface area contributed by atoms with Crippen molar-refractivity contribution in [3.05, 3.63) is 41.2 Å². The van der Waals surface area contributed by atoms with E-state index in [2.05, 4.69) is 0 Å². The summed E-state index contributed by atoms with van der Waals surface area (Å²) < 4.78 is 27.5. The molecule has 0 aromatic heterocycles. The molecule has 0 radical (unpaired) electrons. The van der Waals surface area contributed by atoms with Gasteiger partial charge in [0.05, 0.1) is 19.8 Å². The molecule has 23 heavy (non-hydrogen) atoms. The van der Waals surface area contributed by atoms with Gasteiger partial charge in [-0.3, -0.25) is 0 Å². The lowest BCUT2D eigenvalue weighted by Crippen LogP contribution is -2.23. The van der Waals surface area contributed by atoms with Crippen LogP contribution < -0.4 is 9.47 Å². The van der Waals surface area contributed by atoms with E-state index in [1.165, 1.54) is 14.2 Å². The summed E-state index contributed by atoms with van der Waals surface area (Å²) in [7, 11) is 4.57. The predicted molar refractivity (Wildman–Crippen MR) is 81.3 cm³/mol. The van der Waals surface area contributed by atoms with Crippen LogP contribution >= 0.6 is 0 Å². The van der Waals surface area contributed by atoms with Gasteiger partial charge in [-0.2, -0.15) is 0 Å². The first-order valence-corrected chi connectivity index (χ1v) is 7.02. The van der Waals surface area contributed by atoms with Gasteiger partial charge in [0.1, 0.15) is 11.5 Å². The quantitative estimate of drug-likeness (QED) is 0.812. The van der Waals surface area contributed by atoms with Gasteiger partial charge in [-0.1, -0.05) is 6.07 Å². The summed E-state index contributed by atoms with van der Waals surface area (Å²) in [4.78, 5) is 12.2. The van der Waals surface area contributed by atoms with Gasteiger partial charge in [0.25, 0.3) is 6.29 Å². The van der Waals surface area contributed by atoms with Crippen molar-refractivity contribution in [1.82, 2.24) is 0 Å². The standard InChI is InChI=1S/C17H14O6/c1-19-9-6-8-4-5-10-13-12(8)11(7-9)22-17(21-3)15(20-2)14(13)23-16(10)18/h4-7,17H,1-3H3/t17-/m1/s1. The Balaban J connectivity index is 2.14. The number of rotatable bonds is 3. The molecule has 2 aromatic rings. The number of hydrogen-bond acceptors (Lipinski definition) is 6. The summed E-state index contributed by atoms with van der Waals surface area (Å²) in [5.74, 6) is 1.45. The summed E-state index contributed by atoms with van der Waals surface area (Å²) in [5, 5.41) is 1.65. The van der Waals surface area contributed by atoms with Crippen molar-refractivity contribution < 1.29 is 28.5 Å². The van der Waals surface area contributed by atoms with Crippen LogP contribution in [-0.4, -0.2) is 33.6 Å². The predicted octanol–water partition coefficient (Wildman–Crippen LogP) is 2.70. The van der Waals surface area contributed by atoms with Crippen LogP contribution in [0.25, 0.3) is 16.5 Å². The van der Waals surface area contributed by atoms with E-state index in [-0.39, 0.29) is 0 Å². The Hall–Kier alpha value is -2.73. The lowest BCUT2D eigenvalue weighted by atomic mass is 9.98. The molecule has 2 heterocycles. The van der Waals surface area contributed by atoms with E-state index < -0.39 is 12.3 Å². The number of ether oxygens (including phenoxy) is 5. The first-order chi connectivity index (χ1) is 11.2. The summed E-state index contributed by atoms with van der Waals surface area (Å²) in [5.41, 5.74) is 1.15. The monoisotopic (exact) mass is 314 g/mol. The smallest absolute Gasteiger partial charge is 0.344 e. The van der Waals surface area contributed by atoms with Crippen LogP contribution in [0.2, 0.25) is 0 Å². The number of benzene rings is 2. The van der Waals surface area contributed by atoms with Gasteiger partial charge in [0.2, 0.25) is 5.76 Å². The zero-order chi connectivity index (χ0) is 16.1. The summed E-state index contributed by atoms with van der Waals surface area (Å²) in [6.45, 7) is 0. The first-order valence-electron chi connectivity index (χ1n) is 7.02. The van der Waals surface area contributed by atoms with E-state index in [0.29, 0.717) is 34.1 Å². The highest BCUT2D eigenvalue weighted by Crippen LogP contribution is 2.46. The minimum absolute atomic E-state index is 0.322. The molecule has 0 unspecified atom stereocenters. The topological polar surface area (TPSA) is 63.2 Å². The van der Waals surface area contributed by atoms with Crippen molar-refractivity contribution in [1.29, 1.82) is 0 Å². The molecular formula is C17H14O6. The summed E-state index contributed by atoms with van der Waals surface area (Å²) in [6, 6.07) is 7.21. The minimum atomic E-state index is -0.823. The van der Waals surface area contributed by atoms with E-state index in [1.54, 1.807) is 19.2 Å². The third-order valence-electron chi connectivity index (χ3n) is 4.04. The number of carbonyl (C=O) groups is 1. The Labute approximate surface area is 132 Å². The minimum Gasteiger partial charge on any atom is -0.497 e. The van der Waals surface area contributed by atoms with Crippen LogP contribution in [0.4, 0.5) is 0 Å². The maximum absolute atomic E-state index is 12.2. The largest absolute Gasteiger partial charge is 0.497 e. The second-order valence-electron chi connectivity index (χ2n) is 5.18. The van der Waals surface area contributed by atoms with Gasteiger partial charge >= 0.3 is 5.97 Å². The van der Waals surface area contributed by atoms with Crippen molar-refractivity contribution in [2.75, 3.05) is 21.3 Å². The average molecular weight is 314 g/mol. The van der Waals surface area contributed by atoms with Crippen LogP contribution in [0.1, 0.15) is 15.9 Å². The number of hydrogen-bond donors (Lipinski definition) is 0. The molecule has 0 aliphatic carbocycles. The van der Waals surface area contributed by atoms with E-state index in [0.717, 1.165) is 10.8 Å². The number of carbonyl (C=O) groups excluding carboxylic acids is 1. The molecule has 118 valence electrons. The first kappa shape index (κ1) is 13.9. The van der Waals surface area contributed by atoms with Gasteiger partial charge in [0.15, 0.2) is 5.76 Å². The fraction of sp³-hybridized carbons (Fsp3) is 0.235. The Morgan fingerprint density at radius 1 is 1.09 bits per heavy atom. The molecule has 2 aliphatic heterocycles. The van der Waals surface area contributed by atoms with Crippen LogP contribution in [-0.2, 0) is 14.2 Å². The van der Waals surface area contributed by atoms with Gasteiger partial charge in [0, 0.05) is 24.1 Å². The van der Waals surface area contributed by atoms with Crippen molar-refractivity contribution >= 4 is 22.5 Å². The highest BCUT2D eigenvalue weighted by atomic mass is 16.7. The summed E-state index contributed by atoms with van der Waals surface area (Å²) >= 11 is 0. The Kier molecular flexibility index (Phi) is 2.96. The maximum atomic E-state index is 12.2. The van der Waals surface area contributed by atoms with E-state index >= 15 is 0 Å². The lowest BCUT2D eigenvalue weighted by molar-refractivity contribution is -0.0556. The molecule has 0 saturated carbocycles.